The Morgan fingerprint density at radius 3 is 2.06 bits per heavy atom. The van der Waals surface area contributed by atoms with Gasteiger partial charge in [0.25, 0.3) is 0 Å². The van der Waals surface area contributed by atoms with Crippen LogP contribution in [-0.2, 0) is 22.4 Å². The number of aliphatic carboxylic acids is 2. The Hall–Kier alpha value is -2.11. The zero-order chi connectivity index (χ0) is 13.7. The van der Waals surface area contributed by atoms with Crippen molar-refractivity contribution in [3.8, 4) is 0 Å². The highest BCUT2D eigenvalue weighted by atomic mass is 16.4. The highest BCUT2D eigenvalue weighted by Gasteiger charge is 2.16. The van der Waals surface area contributed by atoms with E-state index in [0.717, 1.165) is 11.3 Å². The smallest absolute Gasteiger partial charge is 0.303 e. The van der Waals surface area contributed by atoms with Crippen molar-refractivity contribution in [2.75, 3.05) is 0 Å². The molecular weight excluding hydrogens is 238 g/mol. The number of carbonyl (C=O) groups is 3. The number of hydrogen-bond donors (Lipinski definition) is 3. The van der Waals surface area contributed by atoms with Crippen LogP contribution < -0.4 is 0 Å². The van der Waals surface area contributed by atoms with Crippen LogP contribution in [0.25, 0.3) is 0 Å². The van der Waals surface area contributed by atoms with Crippen molar-refractivity contribution in [1.29, 1.82) is 0 Å². The monoisotopic (exact) mass is 253 g/mol. The van der Waals surface area contributed by atoms with Gasteiger partial charge >= 0.3 is 11.9 Å². The predicted molar refractivity (Wildman–Crippen MR) is 62.8 cm³/mol. The van der Waals surface area contributed by atoms with Crippen LogP contribution >= 0.6 is 0 Å². The summed E-state index contributed by atoms with van der Waals surface area (Å²) in [6.45, 7) is 1.74. The molecule has 0 amide bonds. The third kappa shape index (κ3) is 3.44. The minimum absolute atomic E-state index is 0.0446. The number of aryl methyl sites for hydroxylation is 1. The maximum absolute atomic E-state index is 10.9. The summed E-state index contributed by atoms with van der Waals surface area (Å²) in [5.74, 6) is -1.87. The summed E-state index contributed by atoms with van der Waals surface area (Å²) >= 11 is 0. The Bertz CT molecular complexity index is 475. The molecule has 1 heterocycles. The largest absolute Gasteiger partial charge is 0.481 e. The third-order valence-corrected chi connectivity index (χ3v) is 2.76. The number of H-pyrrole nitrogens is 1. The van der Waals surface area contributed by atoms with Crippen molar-refractivity contribution < 1.29 is 24.6 Å². The number of aromatic nitrogens is 1. The fourth-order valence-corrected chi connectivity index (χ4v) is 1.93. The Morgan fingerprint density at radius 1 is 1.11 bits per heavy atom. The molecule has 0 aliphatic carbocycles. The van der Waals surface area contributed by atoms with Gasteiger partial charge in [0.2, 0.25) is 0 Å². The van der Waals surface area contributed by atoms with E-state index >= 15 is 0 Å². The fraction of sp³-hybridized carbons (Fsp3) is 0.417. The molecule has 0 aliphatic heterocycles. The van der Waals surface area contributed by atoms with Crippen LogP contribution in [0.4, 0.5) is 0 Å². The van der Waals surface area contributed by atoms with E-state index in [4.69, 9.17) is 10.2 Å². The molecule has 0 saturated carbocycles. The van der Waals surface area contributed by atoms with Crippen LogP contribution in [-0.4, -0.2) is 33.4 Å². The van der Waals surface area contributed by atoms with Gasteiger partial charge < -0.3 is 15.2 Å². The lowest BCUT2D eigenvalue weighted by molar-refractivity contribution is -0.138. The summed E-state index contributed by atoms with van der Waals surface area (Å²) in [4.78, 5) is 34.9. The number of aldehydes is 1. The van der Waals surface area contributed by atoms with Gasteiger partial charge in [-0.1, -0.05) is 0 Å². The molecular formula is C12H15NO5. The number of hydrogen-bond acceptors (Lipinski definition) is 3. The minimum Gasteiger partial charge on any atom is -0.481 e. The van der Waals surface area contributed by atoms with Gasteiger partial charge in [-0.2, -0.15) is 0 Å². The Kier molecular flexibility index (Phi) is 4.65. The molecule has 0 bridgehead atoms. The predicted octanol–water partition coefficient (Wildman–Crippen LogP) is 1.17. The van der Waals surface area contributed by atoms with Gasteiger partial charge in [-0.3, -0.25) is 14.4 Å². The van der Waals surface area contributed by atoms with E-state index in [1.807, 2.05) is 0 Å². The van der Waals surface area contributed by atoms with Crippen LogP contribution in [0.1, 0.15) is 40.2 Å². The number of nitrogens with one attached hydrogen (secondary N) is 1. The maximum atomic E-state index is 10.9. The second kappa shape index (κ2) is 6.00. The molecule has 0 spiro atoms. The van der Waals surface area contributed by atoms with Crippen molar-refractivity contribution in [2.24, 2.45) is 0 Å². The molecule has 0 saturated heterocycles. The number of aromatic amines is 1. The van der Waals surface area contributed by atoms with E-state index in [-0.39, 0.29) is 19.3 Å². The first-order valence-corrected chi connectivity index (χ1v) is 5.54. The van der Waals surface area contributed by atoms with Gasteiger partial charge in [0.1, 0.15) is 0 Å². The molecule has 1 aromatic rings. The highest BCUT2D eigenvalue weighted by Crippen LogP contribution is 2.21. The van der Waals surface area contributed by atoms with Crippen molar-refractivity contribution in [1.82, 2.24) is 4.98 Å². The molecule has 0 unspecified atom stereocenters. The maximum Gasteiger partial charge on any atom is 0.303 e. The van der Waals surface area contributed by atoms with E-state index in [1.165, 1.54) is 0 Å². The summed E-state index contributed by atoms with van der Waals surface area (Å²) in [5.41, 5.74) is 2.42. The molecule has 0 radical (unpaired) electrons. The second-order valence-corrected chi connectivity index (χ2v) is 4.03. The zero-order valence-electron chi connectivity index (χ0n) is 10.0. The lowest BCUT2D eigenvalue weighted by atomic mass is 10.00. The molecule has 0 atom stereocenters. The second-order valence-electron chi connectivity index (χ2n) is 4.03. The van der Waals surface area contributed by atoms with E-state index in [9.17, 15) is 14.4 Å². The topological polar surface area (TPSA) is 107 Å². The number of carboxylic acids is 2. The molecule has 1 aromatic heterocycles. The zero-order valence-corrected chi connectivity index (χ0v) is 10.0. The SMILES string of the molecule is Cc1[nH]c(C=O)c(CCC(=O)O)c1CCC(=O)O. The van der Waals surface area contributed by atoms with Crippen LogP contribution in [0.3, 0.4) is 0 Å². The van der Waals surface area contributed by atoms with Gasteiger partial charge in [0, 0.05) is 18.5 Å². The lowest BCUT2D eigenvalue weighted by Gasteiger charge is -2.03. The van der Waals surface area contributed by atoms with Gasteiger partial charge in [-0.05, 0) is 30.9 Å². The molecule has 1 rings (SSSR count). The average molecular weight is 253 g/mol. The first kappa shape index (κ1) is 14.0. The van der Waals surface area contributed by atoms with Gasteiger partial charge in [-0.15, -0.1) is 0 Å². The molecule has 0 fully saturated rings. The van der Waals surface area contributed by atoms with Crippen LogP contribution in [0.15, 0.2) is 0 Å². The molecule has 18 heavy (non-hydrogen) atoms. The Balaban J connectivity index is 2.97. The van der Waals surface area contributed by atoms with Crippen LogP contribution in [0.2, 0.25) is 0 Å². The molecule has 98 valence electrons. The first-order valence-electron chi connectivity index (χ1n) is 5.54. The fourth-order valence-electron chi connectivity index (χ4n) is 1.93. The summed E-state index contributed by atoms with van der Waals surface area (Å²) < 4.78 is 0. The van der Waals surface area contributed by atoms with Crippen molar-refractivity contribution in [3.63, 3.8) is 0 Å². The average Bonchev–Trinajstić information content (AvgIpc) is 2.59. The van der Waals surface area contributed by atoms with Gasteiger partial charge in [0.15, 0.2) is 6.29 Å². The van der Waals surface area contributed by atoms with Gasteiger partial charge in [-0.25, -0.2) is 0 Å². The van der Waals surface area contributed by atoms with Crippen molar-refractivity contribution in [3.05, 3.63) is 22.5 Å². The van der Waals surface area contributed by atoms with Crippen LogP contribution in [0, 0.1) is 6.92 Å². The van der Waals surface area contributed by atoms with E-state index < -0.39 is 11.9 Å². The summed E-state index contributed by atoms with van der Waals surface area (Å²) in [6.07, 6.45) is 1.02. The Labute approximate surface area is 104 Å². The standard InChI is InChI=1S/C12H15NO5/c1-7-8(2-4-11(15)16)9(3-5-12(17)18)10(6-14)13-7/h6,13H,2-5H2,1H3,(H,15,16)(H,17,18). The van der Waals surface area contributed by atoms with E-state index in [0.29, 0.717) is 24.0 Å². The molecule has 0 aromatic carbocycles. The molecule has 6 nitrogen and oxygen atoms in total. The summed E-state index contributed by atoms with van der Waals surface area (Å²) in [7, 11) is 0. The minimum atomic E-state index is -0.949. The summed E-state index contributed by atoms with van der Waals surface area (Å²) in [6, 6.07) is 0. The van der Waals surface area contributed by atoms with Crippen molar-refractivity contribution in [2.45, 2.75) is 32.6 Å². The normalized spacial score (nSPS) is 10.3. The third-order valence-electron chi connectivity index (χ3n) is 2.76. The number of carbonyl (C=O) groups excluding carboxylic acids is 1. The van der Waals surface area contributed by atoms with E-state index in [2.05, 4.69) is 4.98 Å². The van der Waals surface area contributed by atoms with Crippen LogP contribution in [0.5, 0.6) is 0 Å². The molecule has 0 aliphatic rings. The highest BCUT2D eigenvalue weighted by molar-refractivity contribution is 5.77. The number of rotatable bonds is 7. The van der Waals surface area contributed by atoms with Crippen molar-refractivity contribution >= 4 is 18.2 Å². The Morgan fingerprint density at radius 2 is 1.61 bits per heavy atom. The van der Waals surface area contributed by atoms with Gasteiger partial charge in [0.05, 0.1) is 5.69 Å². The summed E-state index contributed by atoms with van der Waals surface area (Å²) in [5, 5.41) is 17.3. The molecule has 3 N–H and O–H groups in total. The quantitative estimate of drug-likeness (QED) is 0.632. The van der Waals surface area contributed by atoms with E-state index in [1.54, 1.807) is 6.92 Å². The molecule has 6 heteroatoms. The first-order chi connectivity index (χ1) is 8.45. The number of carboxylic acid groups (broad SMARTS) is 2. The lowest BCUT2D eigenvalue weighted by Crippen LogP contribution is -2.03.